The summed E-state index contributed by atoms with van der Waals surface area (Å²) in [5.74, 6) is 1.06. The lowest BCUT2D eigenvalue weighted by Crippen LogP contribution is -2.42. The van der Waals surface area contributed by atoms with Crippen molar-refractivity contribution < 1.29 is 14.3 Å². The largest absolute Gasteiger partial charge is 0.490 e. The van der Waals surface area contributed by atoms with E-state index in [1.165, 1.54) is 0 Å². The second-order valence-electron chi connectivity index (χ2n) is 7.73. The Morgan fingerprint density at radius 2 is 1.79 bits per heavy atom. The zero-order valence-electron chi connectivity index (χ0n) is 16.0. The molecule has 2 aliphatic rings. The van der Waals surface area contributed by atoms with E-state index in [4.69, 9.17) is 4.74 Å². The van der Waals surface area contributed by atoms with Crippen LogP contribution in [0, 0.1) is 5.92 Å². The predicted octanol–water partition coefficient (Wildman–Crippen LogP) is 2.98. The average molecular weight is 381 g/mol. The minimum absolute atomic E-state index is 0.000294. The molecule has 6 heteroatoms. The van der Waals surface area contributed by atoms with E-state index >= 15 is 0 Å². The fraction of sp³-hybridized carbons (Fsp3) is 0.455. The van der Waals surface area contributed by atoms with E-state index in [2.05, 4.69) is 10.3 Å². The van der Waals surface area contributed by atoms with Crippen molar-refractivity contribution in [3.63, 3.8) is 0 Å². The molecule has 0 spiro atoms. The maximum Gasteiger partial charge on any atom is 0.270 e. The Kier molecular flexibility index (Phi) is 5.65. The molecule has 1 aromatic heterocycles. The third-order valence-electron chi connectivity index (χ3n) is 5.74. The van der Waals surface area contributed by atoms with E-state index in [1.54, 1.807) is 17.2 Å². The van der Waals surface area contributed by atoms with Crippen LogP contribution in [0.25, 0.3) is 0 Å². The Labute approximate surface area is 165 Å². The number of hydrogen-bond acceptors (Lipinski definition) is 3. The van der Waals surface area contributed by atoms with Crippen LogP contribution in [0.15, 0.2) is 48.7 Å². The molecule has 28 heavy (non-hydrogen) atoms. The zero-order valence-corrected chi connectivity index (χ0v) is 16.0. The Hall–Kier alpha value is -2.76. The van der Waals surface area contributed by atoms with E-state index in [0.29, 0.717) is 18.8 Å². The van der Waals surface area contributed by atoms with Crippen LogP contribution in [0.3, 0.4) is 0 Å². The molecule has 2 N–H and O–H groups in total. The molecular formula is C22H27N3O3. The highest BCUT2D eigenvalue weighted by atomic mass is 16.5. The Morgan fingerprint density at radius 3 is 2.50 bits per heavy atom. The summed E-state index contributed by atoms with van der Waals surface area (Å²) in [6.07, 6.45) is 6.24. The zero-order chi connectivity index (χ0) is 19.3. The fourth-order valence-corrected chi connectivity index (χ4v) is 4.15. The number of H-pyrrole nitrogens is 1. The maximum atomic E-state index is 12.7. The molecule has 0 unspecified atom stereocenters. The highest BCUT2D eigenvalue weighted by molar-refractivity contribution is 5.92. The number of benzene rings is 1. The monoisotopic (exact) mass is 381 g/mol. The van der Waals surface area contributed by atoms with Crippen LogP contribution in [-0.2, 0) is 4.79 Å². The van der Waals surface area contributed by atoms with Crippen LogP contribution in [-0.4, -0.2) is 46.9 Å². The summed E-state index contributed by atoms with van der Waals surface area (Å²) in [6.45, 7) is 1.26. The summed E-state index contributed by atoms with van der Waals surface area (Å²) in [7, 11) is 0. The number of hydrogen-bond donors (Lipinski definition) is 2. The number of nitrogens with zero attached hydrogens (tertiary/aromatic N) is 1. The SMILES string of the molecule is O=C(N[C@H]1CCN(C(=O)c2ccc[nH]2)C1)C1CCC(Oc2ccccc2)CC1. The quantitative estimate of drug-likeness (QED) is 0.836. The molecule has 0 radical (unpaired) electrons. The van der Waals surface area contributed by atoms with E-state index in [-0.39, 0.29) is 29.9 Å². The summed E-state index contributed by atoms with van der Waals surface area (Å²) >= 11 is 0. The molecule has 2 amide bonds. The molecule has 1 aliphatic heterocycles. The van der Waals surface area contributed by atoms with Crippen molar-refractivity contribution in [2.24, 2.45) is 5.92 Å². The van der Waals surface area contributed by atoms with Gasteiger partial charge in [-0.05, 0) is 56.4 Å². The first-order valence-corrected chi connectivity index (χ1v) is 10.1. The molecular weight excluding hydrogens is 354 g/mol. The lowest BCUT2D eigenvalue weighted by molar-refractivity contribution is -0.127. The fourth-order valence-electron chi connectivity index (χ4n) is 4.15. The molecule has 148 valence electrons. The smallest absolute Gasteiger partial charge is 0.270 e. The van der Waals surface area contributed by atoms with E-state index in [1.807, 2.05) is 36.4 Å². The van der Waals surface area contributed by atoms with Gasteiger partial charge >= 0.3 is 0 Å². The summed E-state index contributed by atoms with van der Waals surface area (Å²) in [5, 5.41) is 3.16. The number of likely N-dealkylation sites (tertiary alicyclic amines) is 1. The Bertz CT molecular complexity index is 783. The van der Waals surface area contributed by atoms with Gasteiger partial charge in [0, 0.05) is 31.2 Å². The van der Waals surface area contributed by atoms with Crippen LogP contribution in [0.4, 0.5) is 0 Å². The van der Waals surface area contributed by atoms with Gasteiger partial charge in [-0.1, -0.05) is 18.2 Å². The number of aromatic amines is 1. The molecule has 6 nitrogen and oxygen atoms in total. The Morgan fingerprint density at radius 1 is 1.00 bits per heavy atom. The Balaban J connectivity index is 1.21. The molecule has 2 fully saturated rings. The number of aromatic nitrogens is 1. The second kappa shape index (κ2) is 8.50. The first kappa shape index (κ1) is 18.6. The van der Waals surface area contributed by atoms with Crippen molar-refractivity contribution in [2.45, 2.75) is 44.2 Å². The van der Waals surface area contributed by atoms with Gasteiger partial charge in [-0.3, -0.25) is 9.59 Å². The third kappa shape index (κ3) is 4.38. The van der Waals surface area contributed by atoms with Gasteiger partial charge in [0.05, 0.1) is 6.10 Å². The second-order valence-corrected chi connectivity index (χ2v) is 7.73. The lowest BCUT2D eigenvalue weighted by Gasteiger charge is -2.29. The molecule has 4 rings (SSSR count). The average Bonchev–Trinajstić information content (AvgIpc) is 3.41. The number of carbonyl (C=O) groups is 2. The highest BCUT2D eigenvalue weighted by Gasteiger charge is 2.32. The van der Waals surface area contributed by atoms with Crippen molar-refractivity contribution in [3.8, 4) is 5.75 Å². The van der Waals surface area contributed by atoms with Gasteiger partial charge < -0.3 is 19.9 Å². The van der Waals surface area contributed by atoms with Crippen LogP contribution < -0.4 is 10.1 Å². The van der Waals surface area contributed by atoms with Crippen molar-refractivity contribution in [3.05, 3.63) is 54.4 Å². The van der Waals surface area contributed by atoms with Gasteiger partial charge in [0.25, 0.3) is 5.91 Å². The minimum atomic E-state index is 0.000294. The number of carbonyl (C=O) groups excluding carboxylic acids is 2. The molecule has 1 aliphatic carbocycles. The number of amides is 2. The number of para-hydroxylation sites is 1. The lowest BCUT2D eigenvalue weighted by atomic mass is 9.86. The molecule has 1 saturated heterocycles. The van der Waals surface area contributed by atoms with Gasteiger partial charge in [0.2, 0.25) is 5.91 Å². The number of nitrogens with one attached hydrogen (secondary N) is 2. The molecule has 2 heterocycles. The molecule has 2 aromatic rings. The maximum absolute atomic E-state index is 12.7. The molecule has 1 aromatic carbocycles. The van der Waals surface area contributed by atoms with Crippen LogP contribution >= 0.6 is 0 Å². The first-order valence-electron chi connectivity index (χ1n) is 10.1. The molecule has 1 atom stereocenters. The summed E-state index contributed by atoms with van der Waals surface area (Å²) in [6, 6.07) is 13.5. The normalized spacial score (nSPS) is 24.7. The predicted molar refractivity (Wildman–Crippen MR) is 106 cm³/mol. The summed E-state index contributed by atoms with van der Waals surface area (Å²) in [5.41, 5.74) is 0.601. The van der Waals surface area contributed by atoms with Crippen molar-refractivity contribution in [2.75, 3.05) is 13.1 Å². The van der Waals surface area contributed by atoms with Crippen LogP contribution in [0.2, 0.25) is 0 Å². The highest BCUT2D eigenvalue weighted by Crippen LogP contribution is 2.28. The standard InChI is InChI=1S/C22H27N3O3/c26-21(16-8-10-19(11-9-16)28-18-5-2-1-3-6-18)24-17-12-14-25(15-17)22(27)20-7-4-13-23-20/h1-7,13,16-17,19,23H,8-12,14-15H2,(H,24,26)/t16?,17-,19?/m0/s1. The van der Waals surface area contributed by atoms with E-state index in [0.717, 1.165) is 37.9 Å². The number of ether oxygens (including phenoxy) is 1. The van der Waals surface area contributed by atoms with Gasteiger partial charge in [-0.2, -0.15) is 0 Å². The van der Waals surface area contributed by atoms with Gasteiger partial charge in [-0.15, -0.1) is 0 Å². The molecule has 1 saturated carbocycles. The first-order chi connectivity index (χ1) is 13.7. The van der Waals surface area contributed by atoms with Crippen molar-refractivity contribution in [1.29, 1.82) is 0 Å². The van der Waals surface area contributed by atoms with Gasteiger partial charge in [0.15, 0.2) is 0 Å². The molecule has 0 bridgehead atoms. The van der Waals surface area contributed by atoms with Crippen LogP contribution in [0.1, 0.15) is 42.6 Å². The van der Waals surface area contributed by atoms with E-state index in [9.17, 15) is 9.59 Å². The van der Waals surface area contributed by atoms with Crippen LogP contribution in [0.5, 0.6) is 5.75 Å². The van der Waals surface area contributed by atoms with Gasteiger partial charge in [-0.25, -0.2) is 0 Å². The van der Waals surface area contributed by atoms with Gasteiger partial charge in [0.1, 0.15) is 11.4 Å². The van der Waals surface area contributed by atoms with E-state index < -0.39 is 0 Å². The summed E-state index contributed by atoms with van der Waals surface area (Å²) < 4.78 is 6.01. The number of rotatable bonds is 5. The minimum Gasteiger partial charge on any atom is -0.490 e. The summed E-state index contributed by atoms with van der Waals surface area (Å²) in [4.78, 5) is 29.8. The topological polar surface area (TPSA) is 74.4 Å². The third-order valence-corrected chi connectivity index (χ3v) is 5.74. The van der Waals surface area contributed by atoms with Crippen molar-refractivity contribution >= 4 is 11.8 Å². The van der Waals surface area contributed by atoms with Crippen molar-refractivity contribution in [1.82, 2.24) is 15.2 Å².